The highest BCUT2D eigenvalue weighted by Crippen LogP contribution is 2.10. The van der Waals surface area contributed by atoms with Crippen LogP contribution in [-0.2, 0) is 11.2 Å². The quantitative estimate of drug-likeness (QED) is 0.880. The molecule has 24 heavy (non-hydrogen) atoms. The van der Waals surface area contributed by atoms with Crippen molar-refractivity contribution in [1.82, 2.24) is 5.32 Å². The second-order valence-electron chi connectivity index (χ2n) is 5.04. The highest BCUT2D eigenvalue weighted by Gasteiger charge is 2.21. The summed E-state index contributed by atoms with van der Waals surface area (Å²) in [5, 5.41) is 20.2. The summed E-state index contributed by atoms with van der Waals surface area (Å²) in [6.07, 6.45) is -0.0371. The number of amides is 1. The largest absolute Gasteiger partial charge is 0.480 e. The lowest BCUT2D eigenvalue weighted by molar-refractivity contribution is -0.139. The molecule has 2 aromatic carbocycles. The number of hydrogen-bond donors (Lipinski definition) is 2. The number of nitriles is 1. The molecule has 0 unspecified atom stereocenters. The summed E-state index contributed by atoms with van der Waals surface area (Å²) in [5.41, 5.74) is 0.704. The smallest absolute Gasteiger partial charge is 0.326 e. The second-order valence-corrected chi connectivity index (χ2v) is 5.04. The number of carbonyl (C=O) groups excluding carboxylic acids is 1. The first kappa shape index (κ1) is 17.1. The summed E-state index contributed by atoms with van der Waals surface area (Å²) in [7, 11) is 0. The van der Waals surface area contributed by atoms with Crippen LogP contribution in [0.4, 0.5) is 8.78 Å². The van der Waals surface area contributed by atoms with E-state index in [0.717, 1.165) is 12.1 Å². The van der Waals surface area contributed by atoms with Gasteiger partial charge in [-0.15, -0.1) is 0 Å². The fourth-order valence-corrected chi connectivity index (χ4v) is 2.08. The van der Waals surface area contributed by atoms with E-state index in [1.165, 1.54) is 12.1 Å². The topological polar surface area (TPSA) is 90.2 Å². The van der Waals surface area contributed by atoms with Gasteiger partial charge >= 0.3 is 5.97 Å². The lowest BCUT2D eigenvalue weighted by Crippen LogP contribution is -2.42. The molecule has 0 heterocycles. The van der Waals surface area contributed by atoms with E-state index in [4.69, 9.17) is 5.26 Å². The highest BCUT2D eigenvalue weighted by atomic mass is 19.1. The lowest BCUT2D eigenvalue weighted by Gasteiger charge is -2.15. The van der Waals surface area contributed by atoms with E-state index < -0.39 is 29.6 Å². The second kappa shape index (κ2) is 7.33. The third kappa shape index (κ3) is 4.36. The molecule has 1 atom stereocenters. The molecule has 0 saturated carbocycles. The van der Waals surface area contributed by atoms with Crippen LogP contribution in [0.25, 0.3) is 0 Å². The van der Waals surface area contributed by atoms with Crippen LogP contribution in [0, 0.1) is 23.0 Å². The summed E-state index contributed by atoms with van der Waals surface area (Å²) in [6.45, 7) is 0. The van der Waals surface area contributed by atoms with E-state index in [9.17, 15) is 23.5 Å². The lowest BCUT2D eigenvalue weighted by atomic mass is 10.0. The Hall–Kier alpha value is -3.27. The number of nitrogens with zero attached hydrogens (tertiary/aromatic N) is 1. The molecule has 0 aliphatic carbocycles. The first-order chi connectivity index (χ1) is 11.4. The number of aliphatic carboxylic acids is 1. The highest BCUT2D eigenvalue weighted by molar-refractivity contribution is 5.96. The van der Waals surface area contributed by atoms with Gasteiger partial charge in [0.2, 0.25) is 0 Å². The van der Waals surface area contributed by atoms with Crippen molar-refractivity contribution in [2.24, 2.45) is 0 Å². The monoisotopic (exact) mass is 330 g/mol. The number of nitrogens with one attached hydrogen (secondary N) is 1. The first-order valence-corrected chi connectivity index (χ1v) is 6.88. The van der Waals surface area contributed by atoms with Crippen molar-refractivity contribution in [1.29, 1.82) is 5.26 Å². The van der Waals surface area contributed by atoms with Crippen LogP contribution in [0.2, 0.25) is 0 Å². The van der Waals surface area contributed by atoms with Gasteiger partial charge in [-0.25, -0.2) is 13.6 Å². The predicted molar refractivity (Wildman–Crippen MR) is 80.1 cm³/mol. The molecule has 0 aliphatic rings. The van der Waals surface area contributed by atoms with E-state index in [-0.39, 0.29) is 12.0 Å². The van der Waals surface area contributed by atoms with E-state index in [2.05, 4.69) is 5.32 Å². The van der Waals surface area contributed by atoms with Crippen LogP contribution < -0.4 is 5.32 Å². The molecule has 2 N–H and O–H groups in total. The van der Waals surface area contributed by atoms with Gasteiger partial charge in [-0.3, -0.25) is 4.79 Å². The zero-order chi connectivity index (χ0) is 17.7. The van der Waals surface area contributed by atoms with Gasteiger partial charge in [0.25, 0.3) is 5.91 Å². The van der Waals surface area contributed by atoms with Crippen molar-refractivity contribution < 1.29 is 23.5 Å². The normalized spacial score (nSPS) is 11.4. The molecule has 2 aromatic rings. The van der Waals surface area contributed by atoms with Crippen LogP contribution in [0.3, 0.4) is 0 Å². The Morgan fingerprint density at radius 3 is 2.21 bits per heavy atom. The number of hydrogen-bond acceptors (Lipinski definition) is 3. The number of carboxylic acid groups (broad SMARTS) is 1. The zero-order valence-corrected chi connectivity index (χ0v) is 12.3. The molecule has 1 amide bonds. The van der Waals surface area contributed by atoms with Crippen LogP contribution >= 0.6 is 0 Å². The molecular weight excluding hydrogens is 318 g/mol. The van der Waals surface area contributed by atoms with Crippen molar-refractivity contribution in [2.75, 3.05) is 0 Å². The third-order valence-corrected chi connectivity index (χ3v) is 3.25. The molecule has 0 spiro atoms. The zero-order valence-electron chi connectivity index (χ0n) is 12.3. The fraction of sp³-hybridized carbons (Fsp3) is 0.118. The number of halogens is 2. The Kier molecular flexibility index (Phi) is 5.22. The standard InChI is InChI=1S/C17H12F2N2O3/c18-13-6-12(7-14(19)8-13)16(22)21-15(17(23)24)5-10-1-3-11(9-20)4-2-10/h1-4,6-8,15H,5H2,(H,21,22)(H,23,24)/t15-/m1/s1. The van der Waals surface area contributed by atoms with Gasteiger partial charge < -0.3 is 10.4 Å². The number of benzene rings is 2. The Bertz CT molecular complexity index is 793. The first-order valence-electron chi connectivity index (χ1n) is 6.88. The van der Waals surface area contributed by atoms with E-state index in [1.54, 1.807) is 12.1 Å². The van der Waals surface area contributed by atoms with Crippen LogP contribution in [0.15, 0.2) is 42.5 Å². The van der Waals surface area contributed by atoms with Gasteiger partial charge in [0.05, 0.1) is 11.6 Å². The summed E-state index contributed by atoms with van der Waals surface area (Å²) in [6, 6.07) is 9.10. The third-order valence-electron chi connectivity index (χ3n) is 3.25. The predicted octanol–water partition coefficient (Wildman–Crippen LogP) is 2.26. The van der Waals surface area contributed by atoms with Gasteiger partial charge in [-0.05, 0) is 29.8 Å². The van der Waals surface area contributed by atoms with Gasteiger partial charge in [0.1, 0.15) is 17.7 Å². The minimum atomic E-state index is -1.29. The molecule has 0 saturated heterocycles. The van der Waals surface area contributed by atoms with E-state index in [1.807, 2.05) is 6.07 Å². The summed E-state index contributed by atoms with van der Waals surface area (Å²) < 4.78 is 26.3. The molecule has 2 rings (SSSR count). The van der Waals surface area contributed by atoms with Crippen LogP contribution in [0.1, 0.15) is 21.5 Å². The number of rotatable bonds is 5. The Morgan fingerprint density at radius 1 is 1.12 bits per heavy atom. The average Bonchev–Trinajstić information content (AvgIpc) is 2.53. The maximum absolute atomic E-state index is 13.1. The molecule has 0 bridgehead atoms. The van der Waals surface area contributed by atoms with Gasteiger partial charge in [0, 0.05) is 18.1 Å². The number of carboxylic acids is 1. The maximum atomic E-state index is 13.1. The van der Waals surface area contributed by atoms with Crippen molar-refractivity contribution >= 4 is 11.9 Å². The molecule has 7 heteroatoms. The van der Waals surface area contributed by atoms with E-state index in [0.29, 0.717) is 17.2 Å². The molecule has 5 nitrogen and oxygen atoms in total. The molecule has 0 aliphatic heterocycles. The van der Waals surface area contributed by atoms with Crippen molar-refractivity contribution in [3.05, 3.63) is 70.8 Å². The van der Waals surface area contributed by atoms with Gasteiger partial charge in [-0.2, -0.15) is 5.26 Å². The molecule has 0 aromatic heterocycles. The van der Waals surface area contributed by atoms with Gasteiger partial charge in [-0.1, -0.05) is 12.1 Å². The number of carbonyl (C=O) groups is 2. The summed E-state index contributed by atoms with van der Waals surface area (Å²) in [4.78, 5) is 23.3. The SMILES string of the molecule is N#Cc1ccc(C[C@@H](NC(=O)c2cc(F)cc(F)c2)C(=O)O)cc1. The Morgan fingerprint density at radius 2 is 1.71 bits per heavy atom. The molecule has 0 fully saturated rings. The molecular formula is C17H12F2N2O3. The Balaban J connectivity index is 2.14. The fourth-order valence-electron chi connectivity index (χ4n) is 2.08. The van der Waals surface area contributed by atoms with Crippen molar-refractivity contribution in [2.45, 2.75) is 12.5 Å². The molecule has 0 radical (unpaired) electrons. The van der Waals surface area contributed by atoms with Crippen molar-refractivity contribution in [3.8, 4) is 6.07 Å². The summed E-state index contributed by atoms with van der Waals surface area (Å²) >= 11 is 0. The minimum Gasteiger partial charge on any atom is -0.480 e. The molecule has 122 valence electrons. The van der Waals surface area contributed by atoms with E-state index >= 15 is 0 Å². The minimum absolute atomic E-state index is 0.0371. The van der Waals surface area contributed by atoms with Crippen LogP contribution in [-0.4, -0.2) is 23.0 Å². The average molecular weight is 330 g/mol. The van der Waals surface area contributed by atoms with Crippen molar-refractivity contribution in [3.63, 3.8) is 0 Å². The Labute approximate surface area is 136 Å². The van der Waals surface area contributed by atoms with Crippen LogP contribution in [0.5, 0.6) is 0 Å². The van der Waals surface area contributed by atoms with Gasteiger partial charge in [0.15, 0.2) is 0 Å². The summed E-state index contributed by atoms with van der Waals surface area (Å²) in [5.74, 6) is -4.04. The maximum Gasteiger partial charge on any atom is 0.326 e.